The van der Waals surface area contributed by atoms with Crippen LogP contribution in [0.4, 0.5) is 5.82 Å². The second-order valence-corrected chi connectivity index (χ2v) is 4.94. The van der Waals surface area contributed by atoms with Gasteiger partial charge in [0.05, 0.1) is 22.8 Å². The number of nitrogens with zero attached hydrogens (tertiary/aromatic N) is 2. The summed E-state index contributed by atoms with van der Waals surface area (Å²) in [5, 5.41) is 6.20. The van der Waals surface area contributed by atoms with Gasteiger partial charge < -0.3 is 10.6 Å². The molecule has 2 rings (SSSR count). The van der Waals surface area contributed by atoms with Gasteiger partial charge >= 0.3 is 0 Å². The van der Waals surface area contributed by atoms with Gasteiger partial charge in [-0.2, -0.15) is 0 Å². The first kappa shape index (κ1) is 15.3. The summed E-state index contributed by atoms with van der Waals surface area (Å²) in [5.41, 5.74) is 2.27. The Morgan fingerprint density at radius 2 is 2.19 bits per heavy atom. The second-order valence-electron chi connectivity index (χ2n) is 4.53. The number of hydrogen-bond donors (Lipinski definition) is 2. The van der Waals surface area contributed by atoms with Gasteiger partial charge in [0.2, 0.25) is 0 Å². The molecule has 0 radical (unpaired) electrons. The van der Waals surface area contributed by atoms with Crippen LogP contribution in [0.3, 0.4) is 0 Å². The van der Waals surface area contributed by atoms with Crippen LogP contribution in [0.2, 0.25) is 5.02 Å². The maximum absolute atomic E-state index is 12.2. The first-order valence-corrected chi connectivity index (χ1v) is 7.07. The fourth-order valence-corrected chi connectivity index (χ4v) is 2.04. The number of anilines is 1. The van der Waals surface area contributed by atoms with Gasteiger partial charge in [0, 0.05) is 18.9 Å². The van der Waals surface area contributed by atoms with E-state index < -0.39 is 0 Å². The molecule has 0 fully saturated rings. The fraction of sp³-hybridized carbons (Fsp3) is 0.267. The number of aromatic nitrogens is 2. The van der Waals surface area contributed by atoms with Crippen molar-refractivity contribution in [2.75, 3.05) is 11.9 Å². The van der Waals surface area contributed by atoms with Crippen molar-refractivity contribution in [1.29, 1.82) is 0 Å². The van der Waals surface area contributed by atoms with Gasteiger partial charge in [-0.05, 0) is 31.5 Å². The number of rotatable bonds is 5. The minimum atomic E-state index is -0.244. The number of hydrogen-bond acceptors (Lipinski definition) is 4. The van der Waals surface area contributed by atoms with E-state index >= 15 is 0 Å². The van der Waals surface area contributed by atoms with E-state index in [1.165, 1.54) is 6.20 Å². The van der Waals surface area contributed by atoms with E-state index in [9.17, 15) is 4.79 Å². The molecule has 2 aromatic heterocycles. The summed E-state index contributed by atoms with van der Waals surface area (Å²) < 4.78 is 0. The monoisotopic (exact) mass is 304 g/mol. The molecule has 1 amide bonds. The van der Waals surface area contributed by atoms with Crippen LogP contribution in [0.1, 0.15) is 28.5 Å². The van der Waals surface area contributed by atoms with Crippen LogP contribution >= 0.6 is 11.6 Å². The normalized spacial score (nSPS) is 10.2. The zero-order valence-electron chi connectivity index (χ0n) is 12.0. The highest BCUT2D eigenvalue weighted by atomic mass is 35.5. The van der Waals surface area contributed by atoms with E-state index in [1.807, 2.05) is 26.0 Å². The van der Waals surface area contributed by atoms with Gasteiger partial charge in [0.1, 0.15) is 5.82 Å². The van der Waals surface area contributed by atoms with Gasteiger partial charge in [-0.3, -0.25) is 9.78 Å². The Labute approximate surface area is 128 Å². The summed E-state index contributed by atoms with van der Waals surface area (Å²) in [5.74, 6) is 0.382. The lowest BCUT2D eigenvalue weighted by molar-refractivity contribution is 0.0950. The van der Waals surface area contributed by atoms with Crippen LogP contribution in [0, 0.1) is 6.92 Å². The average Bonchev–Trinajstić information content (AvgIpc) is 2.48. The standard InChI is InChI=1S/C15H17ClN4O/c1-3-17-14-7-11(12(16)8-19-14)15(21)20-9-13-10(2)5-4-6-18-13/h4-8H,3,9H2,1-2H3,(H,17,19)(H,20,21). The Morgan fingerprint density at radius 3 is 2.90 bits per heavy atom. The Hall–Kier alpha value is -2.14. The van der Waals surface area contributed by atoms with Crippen molar-refractivity contribution < 1.29 is 4.79 Å². The lowest BCUT2D eigenvalue weighted by Crippen LogP contribution is -2.24. The molecular weight excluding hydrogens is 288 g/mol. The Morgan fingerprint density at radius 1 is 1.38 bits per heavy atom. The highest BCUT2D eigenvalue weighted by molar-refractivity contribution is 6.33. The number of carbonyl (C=O) groups is 1. The molecule has 21 heavy (non-hydrogen) atoms. The smallest absolute Gasteiger partial charge is 0.253 e. The molecular formula is C15H17ClN4O. The Balaban J connectivity index is 2.10. The molecule has 110 valence electrons. The van der Waals surface area contributed by atoms with Crippen molar-refractivity contribution in [2.24, 2.45) is 0 Å². The number of nitrogens with one attached hydrogen (secondary N) is 2. The maximum atomic E-state index is 12.2. The third-order valence-electron chi connectivity index (χ3n) is 2.99. The third-order valence-corrected chi connectivity index (χ3v) is 3.29. The van der Waals surface area contributed by atoms with Crippen LogP contribution < -0.4 is 10.6 Å². The van der Waals surface area contributed by atoms with E-state index in [0.717, 1.165) is 17.8 Å². The minimum Gasteiger partial charge on any atom is -0.370 e. The lowest BCUT2D eigenvalue weighted by atomic mass is 10.2. The first-order chi connectivity index (χ1) is 10.1. The highest BCUT2D eigenvalue weighted by Gasteiger charge is 2.12. The van der Waals surface area contributed by atoms with Crippen LogP contribution in [0.5, 0.6) is 0 Å². The Bertz CT molecular complexity index is 645. The van der Waals surface area contributed by atoms with Crippen molar-refractivity contribution >= 4 is 23.3 Å². The molecule has 0 aliphatic rings. The number of aryl methyl sites for hydroxylation is 1. The van der Waals surface area contributed by atoms with Crippen molar-refractivity contribution in [1.82, 2.24) is 15.3 Å². The SMILES string of the molecule is CCNc1cc(C(=O)NCc2ncccc2C)c(Cl)cn1. The average molecular weight is 305 g/mol. The van der Waals surface area contributed by atoms with Gasteiger partial charge in [-0.15, -0.1) is 0 Å². The molecule has 2 aromatic rings. The van der Waals surface area contributed by atoms with Crippen LogP contribution in [-0.4, -0.2) is 22.4 Å². The molecule has 0 aliphatic heterocycles. The topological polar surface area (TPSA) is 66.9 Å². The van der Waals surface area contributed by atoms with Crippen LogP contribution in [-0.2, 0) is 6.54 Å². The third kappa shape index (κ3) is 3.92. The minimum absolute atomic E-state index is 0.244. The molecule has 0 aromatic carbocycles. The lowest BCUT2D eigenvalue weighted by Gasteiger charge is -2.09. The molecule has 0 spiro atoms. The van der Waals surface area contributed by atoms with E-state index in [2.05, 4.69) is 20.6 Å². The van der Waals surface area contributed by atoms with Crippen molar-refractivity contribution in [2.45, 2.75) is 20.4 Å². The predicted molar refractivity (Wildman–Crippen MR) is 83.6 cm³/mol. The first-order valence-electron chi connectivity index (χ1n) is 6.70. The summed E-state index contributed by atoms with van der Waals surface area (Å²) in [4.78, 5) is 20.6. The molecule has 0 saturated heterocycles. The van der Waals surface area contributed by atoms with Gasteiger partial charge in [0.15, 0.2) is 0 Å². The molecule has 0 saturated carbocycles. The number of halogens is 1. The molecule has 5 nitrogen and oxygen atoms in total. The van der Waals surface area contributed by atoms with Crippen molar-refractivity contribution in [3.8, 4) is 0 Å². The molecule has 2 heterocycles. The number of carbonyl (C=O) groups excluding carboxylic acids is 1. The zero-order chi connectivity index (χ0) is 15.2. The van der Waals surface area contributed by atoms with Crippen molar-refractivity contribution in [3.05, 3.63) is 52.4 Å². The van der Waals surface area contributed by atoms with Gasteiger partial charge in [-0.1, -0.05) is 17.7 Å². The molecule has 0 aliphatic carbocycles. The molecule has 0 unspecified atom stereocenters. The summed E-state index contributed by atoms with van der Waals surface area (Å²) in [6.45, 7) is 5.00. The summed E-state index contributed by atoms with van der Waals surface area (Å²) in [6, 6.07) is 5.46. The second kappa shape index (κ2) is 7.04. The summed E-state index contributed by atoms with van der Waals surface area (Å²) >= 11 is 6.04. The van der Waals surface area contributed by atoms with Crippen LogP contribution in [0.25, 0.3) is 0 Å². The van der Waals surface area contributed by atoms with Gasteiger partial charge in [-0.25, -0.2) is 4.98 Å². The van der Waals surface area contributed by atoms with E-state index in [0.29, 0.717) is 22.9 Å². The number of amides is 1. The fourth-order valence-electron chi connectivity index (χ4n) is 1.85. The molecule has 0 bridgehead atoms. The quantitative estimate of drug-likeness (QED) is 0.891. The zero-order valence-corrected chi connectivity index (χ0v) is 12.7. The highest BCUT2D eigenvalue weighted by Crippen LogP contribution is 2.18. The molecule has 6 heteroatoms. The summed E-state index contributed by atoms with van der Waals surface area (Å²) in [6.07, 6.45) is 3.18. The van der Waals surface area contributed by atoms with E-state index in [-0.39, 0.29) is 5.91 Å². The van der Waals surface area contributed by atoms with Crippen molar-refractivity contribution in [3.63, 3.8) is 0 Å². The Kier molecular flexibility index (Phi) is 5.11. The van der Waals surface area contributed by atoms with Crippen LogP contribution in [0.15, 0.2) is 30.6 Å². The van der Waals surface area contributed by atoms with E-state index in [1.54, 1.807) is 12.3 Å². The summed E-state index contributed by atoms with van der Waals surface area (Å²) in [7, 11) is 0. The largest absolute Gasteiger partial charge is 0.370 e. The molecule has 0 atom stereocenters. The van der Waals surface area contributed by atoms with E-state index in [4.69, 9.17) is 11.6 Å². The van der Waals surface area contributed by atoms with Gasteiger partial charge in [0.25, 0.3) is 5.91 Å². The number of pyridine rings is 2. The maximum Gasteiger partial charge on any atom is 0.253 e. The molecule has 2 N–H and O–H groups in total. The predicted octanol–water partition coefficient (Wildman–Crippen LogP) is 2.80.